The van der Waals surface area contributed by atoms with Gasteiger partial charge >= 0.3 is 0 Å². The molecule has 0 heterocycles. The van der Waals surface area contributed by atoms with Crippen molar-refractivity contribution >= 4 is 10.8 Å². The molecule has 0 saturated heterocycles. The first-order valence-corrected chi connectivity index (χ1v) is 8.24. The van der Waals surface area contributed by atoms with Gasteiger partial charge in [0.25, 0.3) is 0 Å². The molecule has 1 unspecified atom stereocenters. The number of benzene rings is 3. The van der Waals surface area contributed by atoms with E-state index in [0.29, 0.717) is 0 Å². The van der Waals surface area contributed by atoms with Crippen LogP contribution in [0.25, 0.3) is 10.8 Å². The Kier molecular flexibility index (Phi) is 5.41. The first-order chi connectivity index (χ1) is 12.2. The average Bonchev–Trinajstić information content (AvgIpc) is 2.66. The quantitative estimate of drug-likeness (QED) is 0.708. The van der Waals surface area contributed by atoms with E-state index in [2.05, 4.69) is 0 Å². The normalized spacial score (nSPS) is 12.0. The molecule has 3 aromatic carbocycles. The Bertz CT molecular complexity index is 830. The second-order valence-electron chi connectivity index (χ2n) is 5.86. The molecule has 1 atom stereocenters. The van der Waals surface area contributed by atoms with Crippen LogP contribution in [0.5, 0.6) is 17.2 Å². The standard InChI is InChI=1S/C21H22O4/c1-15-12-20(23-2)18-10-6-7-11-19(18)21(15)25-14-16(22)13-24-17-8-4-3-5-9-17/h3-12,16,22H,13-14H2,1-2H3. The van der Waals surface area contributed by atoms with Crippen LogP contribution in [0, 0.1) is 6.92 Å². The highest BCUT2D eigenvalue weighted by molar-refractivity contribution is 5.94. The number of aliphatic hydroxyl groups excluding tert-OH is 1. The number of para-hydroxylation sites is 1. The molecular weight excluding hydrogens is 316 g/mol. The lowest BCUT2D eigenvalue weighted by atomic mass is 10.0. The molecule has 3 aromatic rings. The van der Waals surface area contributed by atoms with Crippen molar-refractivity contribution in [3.8, 4) is 17.2 Å². The van der Waals surface area contributed by atoms with E-state index in [1.807, 2.05) is 67.6 Å². The lowest BCUT2D eigenvalue weighted by molar-refractivity contribution is 0.0629. The SMILES string of the molecule is COc1cc(C)c(OCC(O)COc2ccccc2)c2ccccc12. The van der Waals surface area contributed by atoms with Gasteiger partial charge in [-0.2, -0.15) is 0 Å². The first kappa shape index (κ1) is 17.1. The highest BCUT2D eigenvalue weighted by Crippen LogP contribution is 2.36. The second kappa shape index (κ2) is 7.90. The summed E-state index contributed by atoms with van der Waals surface area (Å²) in [5, 5.41) is 12.1. The predicted octanol–water partition coefficient (Wildman–Crippen LogP) is 3.98. The van der Waals surface area contributed by atoms with Crippen molar-refractivity contribution in [1.29, 1.82) is 0 Å². The Hall–Kier alpha value is -2.72. The van der Waals surface area contributed by atoms with Gasteiger partial charge in [0.15, 0.2) is 0 Å². The molecule has 1 N–H and O–H groups in total. The van der Waals surface area contributed by atoms with Crippen LogP contribution in [0.4, 0.5) is 0 Å². The third-order valence-corrected chi connectivity index (χ3v) is 3.97. The maximum Gasteiger partial charge on any atom is 0.130 e. The molecule has 0 fully saturated rings. The molecule has 0 saturated carbocycles. The second-order valence-corrected chi connectivity index (χ2v) is 5.86. The molecule has 3 rings (SSSR count). The van der Waals surface area contributed by atoms with E-state index in [1.54, 1.807) is 7.11 Å². The summed E-state index contributed by atoms with van der Waals surface area (Å²) in [4.78, 5) is 0. The van der Waals surface area contributed by atoms with E-state index in [9.17, 15) is 5.11 Å². The van der Waals surface area contributed by atoms with Crippen LogP contribution in [0.1, 0.15) is 5.56 Å². The summed E-state index contributed by atoms with van der Waals surface area (Å²) in [6.45, 7) is 2.30. The predicted molar refractivity (Wildman–Crippen MR) is 98.7 cm³/mol. The van der Waals surface area contributed by atoms with E-state index < -0.39 is 6.10 Å². The van der Waals surface area contributed by atoms with Crippen LogP contribution < -0.4 is 14.2 Å². The topological polar surface area (TPSA) is 47.9 Å². The van der Waals surface area contributed by atoms with Gasteiger partial charge in [0.1, 0.15) is 36.6 Å². The fourth-order valence-corrected chi connectivity index (χ4v) is 2.75. The molecule has 0 amide bonds. The van der Waals surface area contributed by atoms with Crippen LogP contribution >= 0.6 is 0 Å². The zero-order valence-electron chi connectivity index (χ0n) is 14.4. The summed E-state index contributed by atoms with van der Waals surface area (Å²) in [5.41, 5.74) is 0.965. The van der Waals surface area contributed by atoms with Gasteiger partial charge in [-0.15, -0.1) is 0 Å². The molecule has 0 aliphatic carbocycles. The summed E-state index contributed by atoms with van der Waals surface area (Å²) in [7, 11) is 1.66. The van der Waals surface area contributed by atoms with Crippen LogP contribution in [-0.2, 0) is 0 Å². The number of rotatable bonds is 7. The number of hydrogen-bond acceptors (Lipinski definition) is 4. The van der Waals surface area contributed by atoms with Crippen LogP contribution in [-0.4, -0.2) is 31.5 Å². The molecule has 0 spiro atoms. The summed E-state index contributed by atoms with van der Waals surface area (Å²) in [5.74, 6) is 2.30. The highest BCUT2D eigenvalue weighted by atomic mass is 16.5. The minimum atomic E-state index is -0.722. The van der Waals surface area contributed by atoms with Gasteiger partial charge in [-0.25, -0.2) is 0 Å². The molecule has 4 nitrogen and oxygen atoms in total. The molecule has 25 heavy (non-hydrogen) atoms. The average molecular weight is 338 g/mol. The van der Waals surface area contributed by atoms with E-state index in [0.717, 1.165) is 33.6 Å². The van der Waals surface area contributed by atoms with Crippen molar-refractivity contribution in [1.82, 2.24) is 0 Å². The number of hydrogen-bond donors (Lipinski definition) is 1. The molecule has 0 bridgehead atoms. The largest absolute Gasteiger partial charge is 0.496 e. The maximum absolute atomic E-state index is 10.2. The summed E-state index contributed by atoms with van der Waals surface area (Å²) in [6.07, 6.45) is -0.722. The van der Waals surface area contributed by atoms with Crippen LogP contribution in [0.3, 0.4) is 0 Å². The smallest absolute Gasteiger partial charge is 0.130 e. The van der Waals surface area contributed by atoms with Gasteiger partial charge in [-0.1, -0.05) is 42.5 Å². The van der Waals surface area contributed by atoms with E-state index in [-0.39, 0.29) is 13.2 Å². The molecular formula is C21H22O4. The minimum absolute atomic E-state index is 0.157. The van der Waals surface area contributed by atoms with Crippen molar-refractivity contribution in [2.45, 2.75) is 13.0 Å². The molecule has 130 valence electrons. The van der Waals surface area contributed by atoms with Crippen molar-refractivity contribution in [2.24, 2.45) is 0 Å². The van der Waals surface area contributed by atoms with Crippen molar-refractivity contribution in [3.05, 3.63) is 66.2 Å². The third-order valence-electron chi connectivity index (χ3n) is 3.97. The Morgan fingerprint density at radius 2 is 1.52 bits per heavy atom. The van der Waals surface area contributed by atoms with Gasteiger partial charge in [0.2, 0.25) is 0 Å². The first-order valence-electron chi connectivity index (χ1n) is 8.24. The molecule has 0 aliphatic heterocycles. The Morgan fingerprint density at radius 1 is 0.880 bits per heavy atom. The highest BCUT2D eigenvalue weighted by Gasteiger charge is 2.13. The lowest BCUT2D eigenvalue weighted by Crippen LogP contribution is -2.25. The summed E-state index contributed by atoms with van der Waals surface area (Å²) >= 11 is 0. The minimum Gasteiger partial charge on any atom is -0.496 e. The van der Waals surface area contributed by atoms with Gasteiger partial charge < -0.3 is 19.3 Å². The van der Waals surface area contributed by atoms with E-state index in [4.69, 9.17) is 14.2 Å². The molecule has 0 aliphatic rings. The van der Waals surface area contributed by atoms with Crippen LogP contribution in [0.15, 0.2) is 60.7 Å². The zero-order chi connectivity index (χ0) is 17.6. The number of aryl methyl sites for hydroxylation is 1. The Morgan fingerprint density at radius 3 is 2.24 bits per heavy atom. The molecule has 0 radical (unpaired) electrons. The number of aliphatic hydroxyl groups is 1. The van der Waals surface area contributed by atoms with Crippen molar-refractivity contribution < 1.29 is 19.3 Å². The summed E-state index contributed by atoms with van der Waals surface area (Å²) in [6, 6.07) is 19.3. The molecule has 0 aromatic heterocycles. The van der Waals surface area contributed by atoms with Crippen LogP contribution in [0.2, 0.25) is 0 Å². The van der Waals surface area contributed by atoms with E-state index >= 15 is 0 Å². The van der Waals surface area contributed by atoms with Gasteiger partial charge in [0.05, 0.1) is 7.11 Å². The molecule has 4 heteroatoms. The van der Waals surface area contributed by atoms with Gasteiger partial charge in [-0.05, 0) is 30.7 Å². The van der Waals surface area contributed by atoms with Crippen molar-refractivity contribution in [2.75, 3.05) is 20.3 Å². The summed E-state index contributed by atoms with van der Waals surface area (Å²) < 4.78 is 16.9. The number of ether oxygens (including phenoxy) is 3. The fourth-order valence-electron chi connectivity index (χ4n) is 2.75. The van der Waals surface area contributed by atoms with Gasteiger partial charge in [-0.3, -0.25) is 0 Å². The van der Waals surface area contributed by atoms with Gasteiger partial charge in [0, 0.05) is 10.8 Å². The lowest BCUT2D eigenvalue weighted by Gasteiger charge is -2.17. The Balaban J connectivity index is 1.69. The number of fused-ring (bicyclic) bond motifs is 1. The monoisotopic (exact) mass is 338 g/mol. The zero-order valence-corrected chi connectivity index (χ0v) is 14.4. The van der Waals surface area contributed by atoms with E-state index in [1.165, 1.54) is 0 Å². The van der Waals surface area contributed by atoms with Crippen molar-refractivity contribution in [3.63, 3.8) is 0 Å². The Labute approximate surface area is 147 Å². The third kappa shape index (κ3) is 4.03. The fraction of sp³-hybridized carbons (Fsp3) is 0.238. The number of methoxy groups -OCH3 is 1. The maximum atomic E-state index is 10.2.